The number of piperidine rings is 1. The van der Waals surface area contributed by atoms with Crippen LogP contribution in [0.2, 0.25) is 0 Å². The van der Waals surface area contributed by atoms with Gasteiger partial charge in [-0.05, 0) is 25.2 Å². The molecule has 8 heteroatoms. The van der Waals surface area contributed by atoms with Gasteiger partial charge in [0.25, 0.3) is 0 Å². The molecule has 0 radical (unpaired) electrons. The molecule has 0 saturated carbocycles. The van der Waals surface area contributed by atoms with Crippen LogP contribution in [0.3, 0.4) is 0 Å². The topological polar surface area (TPSA) is 97.5 Å². The lowest BCUT2D eigenvalue weighted by Gasteiger charge is -2.39. The van der Waals surface area contributed by atoms with E-state index in [9.17, 15) is 16.8 Å². The minimum Gasteiger partial charge on any atom is -0.329 e. The van der Waals surface area contributed by atoms with Gasteiger partial charge in [-0.25, -0.2) is 16.8 Å². The Kier molecular flexibility index (Phi) is 4.25. The molecule has 0 aromatic heterocycles. The molecule has 0 aromatic rings. The monoisotopic (exact) mass is 310 g/mol. The molecule has 0 spiro atoms. The minimum atomic E-state index is -3.55. The fourth-order valence-corrected chi connectivity index (χ4v) is 7.92. The first kappa shape index (κ1) is 15.2. The standard InChI is InChI=1S/C11H22N2O4S2/c1-9-3-2-5-13(11(9)7-12)19(16,17)10-4-6-18(14,15)8-10/h9-11H,2-8,12H2,1H3. The highest BCUT2D eigenvalue weighted by Crippen LogP contribution is 2.30. The Labute approximate surface area is 115 Å². The molecule has 2 saturated heterocycles. The maximum absolute atomic E-state index is 12.6. The molecule has 2 fully saturated rings. The van der Waals surface area contributed by atoms with E-state index in [1.807, 2.05) is 6.92 Å². The molecule has 3 atom stereocenters. The summed E-state index contributed by atoms with van der Waals surface area (Å²) in [4.78, 5) is 0. The summed E-state index contributed by atoms with van der Waals surface area (Å²) in [6.07, 6.45) is 2.00. The Bertz CT molecular complexity index is 529. The molecule has 0 aliphatic carbocycles. The molecule has 112 valence electrons. The summed E-state index contributed by atoms with van der Waals surface area (Å²) in [6.45, 7) is 2.76. The average Bonchev–Trinajstić information content (AvgIpc) is 2.70. The van der Waals surface area contributed by atoms with E-state index in [4.69, 9.17) is 5.73 Å². The van der Waals surface area contributed by atoms with Crippen LogP contribution in [0.1, 0.15) is 26.2 Å². The third-order valence-electron chi connectivity index (χ3n) is 4.24. The van der Waals surface area contributed by atoms with E-state index in [2.05, 4.69) is 0 Å². The second kappa shape index (κ2) is 5.31. The predicted octanol–water partition coefficient (Wildman–Crippen LogP) is -0.437. The Morgan fingerprint density at radius 3 is 2.53 bits per heavy atom. The number of nitrogens with zero attached hydrogens (tertiary/aromatic N) is 1. The zero-order valence-corrected chi connectivity index (χ0v) is 12.8. The minimum absolute atomic E-state index is 0.0203. The van der Waals surface area contributed by atoms with Crippen molar-refractivity contribution in [1.82, 2.24) is 4.31 Å². The fraction of sp³-hybridized carbons (Fsp3) is 1.00. The van der Waals surface area contributed by atoms with E-state index in [1.165, 1.54) is 4.31 Å². The van der Waals surface area contributed by atoms with Crippen molar-refractivity contribution in [2.75, 3.05) is 24.6 Å². The van der Waals surface area contributed by atoms with Gasteiger partial charge in [-0.15, -0.1) is 0 Å². The Hall–Kier alpha value is -0.180. The van der Waals surface area contributed by atoms with Crippen molar-refractivity contribution in [1.29, 1.82) is 0 Å². The number of hydrogen-bond donors (Lipinski definition) is 1. The highest BCUT2D eigenvalue weighted by Gasteiger charge is 2.44. The first-order valence-electron chi connectivity index (χ1n) is 6.69. The maximum atomic E-state index is 12.6. The Balaban J connectivity index is 2.23. The Morgan fingerprint density at radius 1 is 1.32 bits per heavy atom. The SMILES string of the molecule is CC1CCCN(S(=O)(=O)C2CCS(=O)(=O)C2)C1CN. The first-order valence-corrected chi connectivity index (χ1v) is 10.0. The van der Waals surface area contributed by atoms with Crippen molar-refractivity contribution in [3.63, 3.8) is 0 Å². The van der Waals surface area contributed by atoms with E-state index in [0.717, 1.165) is 12.8 Å². The lowest BCUT2D eigenvalue weighted by Crippen LogP contribution is -2.53. The molecule has 0 amide bonds. The van der Waals surface area contributed by atoms with Crippen LogP contribution in [-0.4, -0.2) is 57.0 Å². The van der Waals surface area contributed by atoms with Gasteiger partial charge in [-0.2, -0.15) is 4.31 Å². The summed E-state index contributed by atoms with van der Waals surface area (Å²) in [5.74, 6) is -0.0306. The molecule has 2 aliphatic rings. The summed E-state index contributed by atoms with van der Waals surface area (Å²) in [5.41, 5.74) is 5.71. The Morgan fingerprint density at radius 2 is 2.00 bits per heavy atom. The molecular weight excluding hydrogens is 288 g/mol. The zero-order chi connectivity index (χ0) is 14.3. The van der Waals surface area contributed by atoms with E-state index < -0.39 is 25.1 Å². The van der Waals surface area contributed by atoms with Crippen molar-refractivity contribution < 1.29 is 16.8 Å². The third kappa shape index (κ3) is 2.96. The van der Waals surface area contributed by atoms with Gasteiger partial charge in [0.15, 0.2) is 9.84 Å². The van der Waals surface area contributed by atoms with Gasteiger partial charge in [0.2, 0.25) is 10.0 Å². The predicted molar refractivity (Wildman–Crippen MR) is 73.9 cm³/mol. The van der Waals surface area contributed by atoms with Crippen LogP contribution >= 0.6 is 0 Å². The van der Waals surface area contributed by atoms with Crippen molar-refractivity contribution in [3.8, 4) is 0 Å². The average molecular weight is 310 g/mol. The normalized spacial score (nSPS) is 36.4. The van der Waals surface area contributed by atoms with Crippen molar-refractivity contribution in [2.45, 2.75) is 37.5 Å². The van der Waals surface area contributed by atoms with E-state index in [-0.39, 0.29) is 29.9 Å². The van der Waals surface area contributed by atoms with Gasteiger partial charge in [0.05, 0.1) is 16.8 Å². The highest BCUT2D eigenvalue weighted by molar-refractivity contribution is 7.95. The quantitative estimate of drug-likeness (QED) is 0.762. The summed E-state index contributed by atoms with van der Waals surface area (Å²) in [5, 5.41) is -0.781. The van der Waals surface area contributed by atoms with Crippen LogP contribution in [-0.2, 0) is 19.9 Å². The molecule has 0 aromatic carbocycles. The third-order valence-corrected chi connectivity index (χ3v) is 8.58. The number of rotatable bonds is 3. The van der Waals surface area contributed by atoms with Crippen LogP contribution in [0.15, 0.2) is 0 Å². The summed E-state index contributed by atoms with van der Waals surface area (Å²) >= 11 is 0. The number of hydrogen-bond acceptors (Lipinski definition) is 5. The van der Waals surface area contributed by atoms with Crippen LogP contribution in [0.4, 0.5) is 0 Å². The van der Waals surface area contributed by atoms with Crippen LogP contribution in [0.5, 0.6) is 0 Å². The van der Waals surface area contributed by atoms with Crippen molar-refractivity contribution in [2.24, 2.45) is 11.7 Å². The summed E-state index contributed by atoms with van der Waals surface area (Å²) < 4.78 is 49.6. The van der Waals surface area contributed by atoms with Crippen molar-refractivity contribution in [3.05, 3.63) is 0 Å². The lowest BCUT2D eigenvalue weighted by atomic mass is 9.93. The van der Waals surface area contributed by atoms with Crippen LogP contribution < -0.4 is 5.73 Å². The second-order valence-electron chi connectivity index (χ2n) is 5.60. The smallest absolute Gasteiger partial charge is 0.218 e. The van der Waals surface area contributed by atoms with Gasteiger partial charge in [0, 0.05) is 19.1 Å². The fourth-order valence-electron chi connectivity index (χ4n) is 3.06. The van der Waals surface area contributed by atoms with Crippen LogP contribution in [0, 0.1) is 5.92 Å². The second-order valence-corrected chi connectivity index (χ2v) is 10.00. The highest BCUT2D eigenvalue weighted by atomic mass is 32.2. The van der Waals surface area contributed by atoms with Gasteiger partial charge in [0.1, 0.15) is 0 Å². The molecule has 2 N–H and O–H groups in total. The van der Waals surface area contributed by atoms with Gasteiger partial charge in [-0.1, -0.05) is 6.92 Å². The molecule has 19 heavy (non-hydrogen) atoms. The zero-order valence-electron chi connectivity index (χ0n) is 11.2. The van der Waals surface area contributed by atoms with Gasteiger partial charge in [-0.3, -0.25) is 0 Å². The molecule has 2 aliphatic heterocycles. The van der Waals surface area contributed by atoms with Crippen molar-refractivity contribution >= 4 is 19.9 Å². The number of sulfone groups is 1. The number of sulfonamides is 1. The van der Waals surface area contributed by atoms with E-state index >= 15 is 0 Å². The molecule has 3 unspecified atom stereocenters. The van der Waals surface area contributed by atoms with E-state index in [1.54, 1.807) is 0 Å². The van der Waals surface area contributed by atoms with Crippen LogP contribution in [0.25, 0.3) is 0 Å². The maximum Gasteiger partial charge on any atom is 0.218 e. The molecular formula is C11H22N2O4S2. The lowest BCUT2D eigenvalue weighted by molar-refractivity contribution is 0.191. The van der Waals surface area contributed by atoms with Gasteiger partial charge < -0.3 is 5.73 Å². The summed E-state index contributed by atoms with van der Waals surface area (Å²) in [6, 6.07) is -0.193. The summed E-state index contributed by atoms with van der Waals surface area (Å²) in [7, 11) is -6.74. The molecule has 0 bridgehead atoms. The first-order chi connectivity index (χ1) is 8.78. The number of nitrogens with two attached hydrogens (primary N) is 1. The van der Waals surface area contributed by atoms with E-state index in [0.29, 0.717) is 13.1 Å². The molecule has 6 nitrogen and oxygen atoms in total. The molecule has 2 heterocycles. The largest absolute Gasteiger partial charge is 0.329 e. The molecule has 2 rings (SSSR count). The van der Waals surface area contributed by atoms with Gasteiger partial charge >= 0.3 is 0 Å².